The van der Waals surface area contributed by atoms with E-state index in [1.807, 2.05) is 25.3 Å². The van der Waals surface area contributed by atoms with E-state index in [4.69, 9.17) is 0 Å². The van der Waals surface area contributed by atoms with E-state index in [9.17, 15) is 10.1 Å². The number of nitro benzene ring substituents is 1. The number of non-ortho nitro benzene ring substituents is 1. The Morgan fingerprint density at radius 2 is 2.16 bits per heavy atom. The molecule has 5 heteroatoms. The minimum absolute atomic E-state index is 0.110. The van der Waals surface area contributed by atoms with E-state index in [2.05, 4.69) is 16.8 Å². The summed E-state index contributed by atoms with van der Waals surface area (Å²) in [5, 5.41) is 14.0. The Labute approximate surface area is 112 Å². The molecule has 5 nitrogen and oxygen atoms in total. The quantitative estimate of drug-likeness (QED) is 0.661. The Kier molecular flexibility index (Phi) is 3.85. The van der Waals surface area contributed by atoms with Gasteiger partial charge in [-0.1, -0.05) is 6.07 Å². The summed E-state index contributed by atoms with van der Waals surface area (Å²) >= 11 is 0. The molecular weight excluding hydrogens is 242 g/mol. The average molecular weight is 259 g/mol. The van der Waals surface area contributed by atoms with Gasteiger partial charge in [0, 0.05) is 36.3 Å². The molecule has 0 radical (unpaired) electrons. The fourth-order valence-electron chi connectivity index (χ4n) is 2.02. The third-order valence-corrected chi connectivity index (χ3v) is 3.16. The number of benzene rings is 1. The fourth-order valence-corrected chi connectivity index (χ4v) is 2.02. The lowest BCUT2D eigenvalue weighted by Gasteiger charge is -2.11. The molecule has 0 bridgehead atoms. The number of aryl methyl sites for hydroxylation is 2. The van der Waals surface area contributed by atoms with Crippen molar-refractivity contribution in [1.29, 1.82) is 0 Å². The first-order valence-corrected chi connectivity index (χ1v) is 6.24. The second-order valence-electron chi connectivity index (χ2n) is 4.40. The van der Waals surface area contributed by atoms with Crippen LogP contribution in [0.25, 0.3) is 0 Å². The molecule has 0 unspecified atom stereocenters. The molecule has 2 rings (SSSR count). The van der Waals surface area contributed by atoms with Crippen molar-refractivity contribution in [3.8, 4) is 0 Å². The van der Waals surface area contributed by atoms with Crippen LogP contribution in [0.3, 0.4) is 0 Å². The van der Waals surface area contributed by atoms with E-state index in [1.165, 1.54) is 6.07 Å². The highest BCUT2D eigenvalue weighted by Crippen LogP contribution is 2.22. The molecule has 0 saturated heterocycles. The van der Waals surface area contributed by atoms with Crippen molar-refractivity contribution in [3.05, 3.63) is 57.9 Å². The Balaban J connectivity index is 2.15. The van der Waals surface area contributed by atoms with Crippen LogP contribution in [0.15, 0.2) is 36.5 Å². The van der Waals surface area contributed by atoms with Crippen LogP contribution in [0.5, 0.6) is 0 Å². The molecule has 1 aromatic carbocycles. The van der Waals surface area contributed by atoms with Crippen molar-refractivity contribution < 1.29 is 4.92 Å². The van der Waals surface area contributed by atoms with Gasteiger partial charge in [-0.15, -0.1) is 0 Å². The molecule has 0 aliphatic carbocycles. The molecule has 0 aliphatic heterocycles. The van der Waals surface area contributed by atoms with Gasteiger partial charge in [0.1, 0.15) is 0 Å². The standard InChI is InChI=1S/C14H17N3O2/c1-3-16-8-4-5-13(16)10-15-14-9-12(17(18)19)7-6-11(14)2/h4-9,15H,3,10H2,1-2H3. The molecule has 1 aromatic heterocycles. The highest BCUT2D eigenvalue weighted by atomic mass is 16.6. The van der Waals surface area contributed by atoms with Crippen LogP contribution in [-0.2, 0) is 13.1 Å². The first-order valence-electron chi connectivity index (χ1n) is 6.24. The van der Waals surface area contributed by atoms with Crippen molar-refractivity contribution in [3.63, 3.8) is 0 Å². The van der Waals surface area contributed by atoms with Gasteiger partial charge < -0.3 is 9.88 Å². The van der Waals surface area contributed by atoms with Crippen LogP contribution < -0.4 is 5.32 Å². The van der Waals surface area contributed by atoms with E-state index in [0.717, 1.165) is 23.5 Å². The number of nitro groups is 1. The van der Waals surface area contributed by atoms with Gasteiger partial charge in [0.2, 0.25) is 0 Å². The maximum atomic E-state index is 10.8. The Morgan fingerprint density at radius 1 is 1.37 bits per heavy atom. The smallest absolute Gasteiger partial charge is 0.271 e. The Bertz CT molecular complexity index is 590. The van der Waals surface area contributed by atoms with Crippen molar-refractivity contribution in [2.75, 3.05) is 5.32 Å². The summed E-state index contributed by atoms with van der Waals surface area (Å²) in [5.74, 6) is 0. The van der Waals surface area contributed by atoms with Gasteiger partial charge in [-0.3, -0.25) is 10.1 Å². The van der Waals surface area contributed by atoms with E-state index in [-0.39, 0.29) is 10.6 Å². The molecule has 0 atom stereocenters. The number of hydrogen-bond donors (Lipinski definition) is 1. The molecule has 0 amide bonds. The summed E-state index contributed by atoms with van der Waals surface area (Å²) in [6.45, 7) is 5.59. The maximum Gasteiger partial charge on any atom is 0.271 e. The number of aromatic nitrogens is 1. The predicted molar refractivity (Wildman–Crippen MR) is 75.3 cm³/mol. The number of hydrogen-bond acceptors (Lipinski definition) is 3. The number of rotatable bonds is 5. The van der Waals surface area contributed by atoms with Crippen LogP contribution in [-0.4, -0.2) is 9.49 Å². The molecule has 100 valence electrons. The van der Waals surface area contributed by atoms with Crippen molar-refractivity contribution in [1.82, 2.24) is 4.57 Å². The normalized spacial score (nSPS) is 10.4. The number of nitrogens with zero attached hydrogens (tertiary/aromatic N) is 2. The third-order valence-electron chi connectivity index (χ3n) is 3.16. The minimum Gasteiger partial charge on any atom is -0.379 e. The van der Waals surface area contributed by atoms with Gasteiger partial charge >= 0.3 is 0 Å². The second kappa shape index (κ2) is 5.56. The molecule has 0 aliphatic rings. The van der Waals surface area contributed by atoms with Gasteiger partial charge in [0.25, 0.3) is 5.69 Å². The Morgan fingerprint density at radius 3 is 2.84 bits per heavy atom. The van der Waals surface area contributed by atoms with Gasteiger partial charge in [-0.05, 0) is 31.5 Å². The number of anilines is 1. The van der Waals surface area contributed by atoms with Crippen molar-refractivity contribution >= 4 is 11.4 Å². The van der Waals surface area contributed by atoms with Crippen LogP contribution in [0.4, 0.5) is 11.4 Å². The van der Waals surface area contributed by atoms with Crippen molar-refractivity contribution in [2.24, 2.45) is 0 Å². The molecular formula is C14H17N3O2. The van der Waals surface area contributed by atoms with Gasteiger partial charge in [-0.2, -0.15) is 0 Å². The van der Waals surface area contributed by atoms with Crippen LogP contribution in [0.1, 0.15) is 18.2 Å². The van der Waals surface area contributed by atoms with E-state index >= 15 is 0 Å². The molecule has 2 aromatic rings. The summed E-state index contributed by atoms with van der Waals surface area (Å²) in [6, 6.07) is 8.91. The van der Waals surface area contributed by atoms with E-state index < -0.39 is 0 Å². The summed E-state index contributed by atoms with van der Waals surface area (Å²) < 4.78 is 2.14. The maximum absolute atomic E-state index is 10.8. The highest BCUT2D eigenvalue weighted by molar-refractivity contribution is 5.56. The zero-order valence-corrected chi connectivity index (χ0v) is 11.1. The first-order chi connectivity index (χ1) is 9.11. The summed E-state index contributed by atoms with van der Waals surface area (Å²) in [4.78, 5) is 10.4. The molecule has 19 heavy (non-hydrogen) atoms. The zero-order valence-electron chi connectivity index (χ0n) is 11.1. The van der Waals surface area contributed by atoms with Gasteiger partial charge in [-0.25, -0.2) is 0 Å². The largest absolute Gasteiger partial charge is 0.379 e. The van der Waals surface area contributed by atoms with Crippen molar-refractivity contribution in [2.45, 2.75) is 26.9 Å². The monoisotopic (exact) mass is 259 g/mol. The van der Waals surface area contributed by atoms with E-state index in [1.54, 1.807) is 12.1 Å². The van der Waals surface area contributed by atoms with Crippen LogP contribution >= 0.6 is 0 Å². The third kappa shape index (κ3) is 2.93. The first kappa shape index (κ1) is 13.1. The van der Waals surface area contributed by atoms with Gasteiger partial charge in [0.05, 0.1) is 11.5 Å². The lowest BCUT2D eigenvalue weighted by atomic mass is 10.2. The molecule has 1 N–H and O–H groups in total. The SMILES string of the molecule is CCn1cccc1CNc1cc([N+](=O)[O-])ccc1C. The lowest BCUT2D eigenvalue weighted by Crippen LogP contribution is -2.07. The highest BCUT2D eigenvalue weighted by Gasteiger charge is 2.08. The number of nitrogens with one attached hydrogen (secondary N) is 1. The summed E-state index contributed by atoms with van der Waals surface area (Å²) in [7, 11) is 0. The molecule has 0 spiro atoms. The summed E-state index contributed by atoms with van der Waals surface area (Å²) in [6.07, 6.45) is 2.03. The van der Waals surface area contributed by atoms with E-state index in [0.29, 0.717) is 6.54 Å². The van der Waals surface area contributed by atoms with Crippen LogP contribution in [0.2, 0.25) is 0 Å². The summed E-state index contributed by atoms with van der Waals surface area (Å²) in [5.41, 5.74) is 3.07. The average Bonchev–Trinajstić information content (AvgIpc) is 2.85. The molecule has 0 saturated carbocycles. The van der Waals surface area contributed by atoms with Crippen LogP contribution in [0, 0.1) is 17.0 Å². The second-order valence-corrected chi connectivity index (χ2v) is 4.40. The lowest BCUT2D eigenvalue weighted by molar-refractivity contribution is -0.384. The fraction of sp³-hybridized carbons (Fsp3) is 0.286. The minimum atomic E-state index is -0.376. The van der Waals surface area contributed by atoms with Gasteiger partial charge in [0.15, 0.2) is 0 Å². The predicted octanol–water partition coefficient (Wildman–Crippen LogP) is 3.34. The molecule has 0 fully saturated rings. The Hall–Kier alpha value is -2.30. The zero-order chi connectivity index (χ0) is 13.8. The topological polar surface area (TPSA) is 60.1 Å². The molecule has 1 heterocycles.